The predicted molar refractivity (Wildman–Crippen MR) is 167 cm³/mol. The quantitative estimate of drug-likeness (QED) is 0.166. The van der Waals surface area contributed by atoms with Crippen LogP contribution < -0.4 is 40.8 Å². The van der Waals surface area contributed by atoms with Crippen LogP contribution >= 0.6 is 0 Å². The van der Waals surface area contributed by atoms with Gasteiger partial charge in [-0.3, -0.25) is 9.48 Å². The summed E-state index contributed by atoms with van der Waals surface area (Å²) in [6, 6.07) is 8.25. The normalized spacial score (nSPS) is 16.7. The molecule has 0 aliphatic heterocycles. The van der Waals surface area contributed by atoms with Crippen LogP contribution in [0, 0.1) is 0 Å². The van der Waals surface area contributed by atoms with Crippen molar-refractivity contribution in [1.29, 1.82) is 0 Å². The fourth-order valence-electron chi connectivity index (χ4n) is 5.79. The van der Waals surface area contributed by atoms with Crippen molar-refractivity contribution in [3.8, 4) is 11.3 Å². The summed E-state index contributed by atoms with van der Waals surface area (Å²) >= 11 is 0. The zero-order valence-electron chi connectivity index (χ0n) is 26.1. The molecule has 5 N–H and O–H groups in total. The number of benzene rings is 1. The largest absolute Gasteiger partial charge is 1.00 e. The number of amides is 1. The van der Waals surface area contributed by atoms with Gasteiger partial charge < -0.3 is 26.7 Å². The molecule has 1 fully saturated rings. The second-order valence-corrected chi connectivity index (χ2v) is 11.5. The number of pyridine rings is 2. The van der Waals surface area contributed by atoms with Gasteiger partial charge in [-0.2, -0.15) is 18.3 Å². The maximum Gasteiger partial charge on any atom is 1.00 e. The number of alkyl halides is 3. The van der Waals surface area contributed by atoms with Crippen LogP contribution in [0.2, 0.25) is 0 Å². The molecule has 5 rings (SSSR count). The third-order valence-corrected chi connectivity index (χ3v) is 8.11. The van der Waals surface area contributed by atoms with Crippen molar-refractivity contribution in [2.75, 3.05) is 11.1 Å². The molecule has 47 heavy (non-hydrogen) atoms. The van der Waals surface area contributed by atoms with E-state index in [9.17, 15) is 27.9 Å². The molecule has 2 atom stereocenters. The van der Waals surface area contributed by atoms with Gasteiger partial charge >= 0.3 is 25.0 Å². The molecule has 0 unspecified atom stereocenters. The summed E-state index contributed by atoms with van der Waals surface area (Å²) in [5, 5.41) is 18.8. The Morgan fingerprint density at radius 1 is 1.09 bits per heavy atom. The van der Waals surface area contributed by atoms with Gasteiger partial charge in [0.15, 0.2) is 0 Å². The summed E-state index contributed by atoms with van der Waals surface area (Å²) < 4.78 is 41.3. The fraction of sp³-hybridized carbons (Fsp3) is 0.364. The molecule has 0 saturated heterocycles. The van der Waals surface area contributed by atoms with Crippen molar-refractivity contribution in [2.45, 2.75) is 76.0 Å². The third-order valence-electron chi connectivity index (χ3n) is 8.11. The number of unbranched alkanes of at least 4 members (excludes halogenated alkanes) is 3. The summed E-state index contributed by atoms with van der Waals surface area (Å²) in [6.45, 7) is 0. The number of carbonyl (C=O) groups is 2. The minimum Gasteiger partial charge on any atom is -0.550 e. The number of nitrogens with two attached hydrogens (primary N) is 2. The zero-order chi connectivity index (χ0) is 32.8. The molecule has 0 radical (unpaired) electrons. The van der Waals surface area contributed by atoms with Gasteiger partial charge in [-0.05, 0) is 75.6 Å². The number of aromatic nitrogens is 4. The molecule has 1 aliphatic rings. The van der Waals surface area contributed by atoms with Crippen LogP contribution in [0.4, 0.5) is 24.8 Å². The number of aliphatic carboxylic acids is 1. The van der Waals surface area contributed by atoms with Gasteiger partial charge in [-0.1, -0.05) is 30.7 Å². The molecule has 1 aromatic carbocycles. The number of nitrogens with zero attached hydrogens (tertiary/aromatic N) is 4. The van der Waals surface area contributed by atoms with Crippen molar-refractivity contribution in [3.63, 3.8) is 0 Å². The second kappa shape index (κ2) is 15.6. The fourth-order valence-corrected chi connectivity index (χ4v) is 5.79. The van der Waals surface area contributed by atoms with Crippen molar-refractivity contribution < 1.29 is 46.7 Å². The number of carboxylic acids is 1. The van der Waals surface area contributed by atoms with Crippen LogP contribution in [-0.2, 0) is 11.0 Å². The molecule has 1 aliphatic carbocycles. The topological polar surface area (TPSA) is 165 Å². The van der Waals surface area contributed by atoms with E-state index in [1.807, 2.05) is 16.8 Å². The number of anilines is 2. The first-order chi connectivity index (χ1) is 22.0. The number of carboxylic acid groups (broad SMARTS) is 1. The first-order valence-electron chi connectivity index (χ1n) is 15.2. The number of allylic oxidation sites excluding steroid dienone is 1. The van der Waals surface area contributed by atoms with Crippen LogP contribution in [0.1, 0.15) is 85.3 Å². The molecular weight excluding hydrogens is 606 g/mol. The van der Waals surface area contributed by atoms with Crippen LogP contribution in [0.15, 0.2) is 54.9 Å². The van der Waals surface area contributed by atoms with Crippen LogP contribution in [0.25, 0.3) is 28.2 Å². The SMILES string of the molecule is Nc1ncc(/C=C/CCCCCC(=O)[O-])c2c1c(-c1ccc(C(=O)Nc3cc(C(F)(F)F)ccn3)cc1)nn2[C@@H]1CCC[C@@H](N)C1.[Li+]. The van der Waals surface area contributed by atoms with E-state index in [-0.39, 0.29) is 48.7 Å². The Morgan fingerprint density at radius 3 is 2.55 bits per heavy atom. The summed E-state index contributed by atoms with van der Waals surface area (Å²) in [5.74, 6) is -1.56. The minimum atomic E-state index is -4.56. The maximum absolute atomic E-state index is 13.1. The molecule has 1 amide bonds. The van der Waals surface area contributed by atoms with E-state index in [1.54, 1.807) is 30.5 Å². The van der Waals surface area contributed by atoms with Crippen molar-refractivity contribution in [1.82, 2.24) is 19.7 Å². The van der Waals surface area contributed by atoms with E-state index < -0.39 is 23.6 Å². The molecule has 3 heterocycles. The third kappa shape index (κ3) is 8.80. The Balaban J connectivity index is 0.00000500. The number of nitrogen functional groups attached to an aromatic ring is 1. The van der Waals surface area contributed by atoms with Gasteiger partial charge in [0.05, 0.1) is 22.5 Å². The number of hydrogen-bond acceptors (Lipinski definition) is 8. The first-order valence-corrected chi connectivity index (χ1v) is 15.2. The van der Waals surface area contributed by atoms with E-state index in [2.05, 4.69) is 15.3 Å². The molecule has 3 aromatic heterocycles. The van der Waals surface area contributed by atoms with E-state index in [1.165, 1.54) is 0 Å². The van der Waals surface area contributed by atoms with E-state index in [4.69, 9.17) is 16.6 Å². The molecule has 0 spiro atoms. The van der Waals surface area contributed by atoms with Crippen molar-refractivity contribution in [3.05, 3.63) is 71.6 Å². The maximum atomic E-state index is 13.1. The summed E-state index contributed by atoms with van der Waals surface area (Å²) in [5.41, 5.74) is 15.0. The molecule has 14 heteroatoms. The number of fused-ring (bicyclic) bond motifs is 1. The number of carbonyl (C=O) groups excluding carboxylic acids is 2. The summed E-state index contributed by atoms with van der Waals surface area (Å²) in [4.78, 5) is 31.8. The molecule has 4 aromatic rings. The summed E-state index contributed by atoms with van der Waals surface area (Å²) in [7, 11) is 0. The Morgan fingerprint density at radius 2 is 1.85 bits per heavy atom. The zero-order valence-corrected chi connectivity index (χ0v) is 26.1. The number of halogens is 3. The summed E-state index contributed by atoms with van der Waals surface area (Å²) in [6.07, 6.45) is 8.70. The van der Waals surface area contributed by atoms with Gasteiger partial charge in [-0.25, -0.2) is 9.97 Å². The van der Waals surface area contributed by atoms with Crippen LogP contribution in [-0.4, -0.2) is 37.7 Å². The Hall–Kier alpha value is -4.18. The van der Waals surface area contributed by atoms with Gasteiger partial charge in [-0.15, -0.1) is 0 Å². The first kappa shape index (κ1) is 35.7. The van der Waals surface area contributed by atoms with Gasteiger partial charge in [0.2, 0.25) is 0 Å². The second-order valence-electron chi connectivity index (χ2n) is 11.5. The van der Waals surface area contributed by atoms with E-state index >= 15 is 0 Å². The van der Waals surface area contributed by atoms with Crippen LogP contribution in [0.3, 0.4) is 0 Å². The molecule has 10 nitrogen and oxygen atoms in total. The van der Waals surface area contributed by atoms with E-state index in [0.29, 0.717) is 28.9 Å². The monoisotopic (exact) mass is 641 g/mol. The van der Waals surface area contributed by atoms with E-state index in [0.717, 1.165) is 74.4 Å². The predicted octanol–water partition coefficient (Wildman–Crippen LogP) is 2.51. The van der Waals surface area contributed by atoms with Gasteiger partial charge in [0, 0.05) is 41.1 Å². The number of hydrogen-bond donors (Lipinski definition) is 3. The average molecular weight is 642 g/mol. The Kier molecular flexibility index (Phi) is 11.8. The van der Waals surface area contributed by atoms with Crippen LogP contribution in [0.5, 0.6) is 0 Å². The Bertz CT molecular complexity index is 1740. The number of rotatable bonds is 11. The Labute approximate surface area is 282 Å². The molecular formula is C33H35F3LiN7O3. The van der Waals surface area contributed by atoms with Crippen molar-refractivity contribution in [2.24, 2.45) is 5.73 Å². The average Bonchev–Trinajstić information content (AvgIpc) is 3.43. The molecule has 0 bridgehead atoms. The minimum absolute atomic E-state index is 0. The number of nitrogens with one attached hydrogen (secondary N) is 1. The molecule has 242 valence electrons. The van der Waals surface area contributed by atoms with Crippen molar-refractivity contribution >= 4 is 40.5 Å². The van der Waals surface area contributed by atoms with Gasteiger partial charge in [0.1, 0.15) is 17.3 Å². The van der Waals surface area contributed by atoms with Gasteiger partial charge in [0.25, 0.3) is 5.91 Å². The standard InChI is InChI=1S/C33H36F3N7O3.Li/c34-33(35,36)23-15-16-39-26(17-23)41-32(46)21-13-11-20(12-14-21)29-28-30(43(42-29)25-9-6-8-24(37)18-25)22(19-40-31(28)38)7-4-2-1-3-5-10-27(44)45;/h4,7,11-17,19,24-25H,1-3,5-6,8-10,18,37H2,(H2,38,40)(H,44,45)(H,39,41,46);/q;+1/p-1/b7-4+;/t24-,25-;/m1./s1. The smallest absolute Gasteiger partial charge is 0.550 e. The molecule has 1 saturated carbocycles.